The van der Waals surface area contributed by atoms with Crippen LogP contribution < -0.4 is 0 Å². The maximum Gasteiger partial charge on any atom is 0.178 e. The standard InChI is InChI=1S/C44H26O2/c1-2-11-28(12-3-1)39-26-45-43-38(39)24-23-37-31-22-21-29(25-40(31)46-44(37)43)41-33-16-6-8-18-35(33)42(36-19-9-7-17-34(36)41)32-20-10-14-27-13-4-5-15-30(27)32/h1-26H/i4D,5D,6D,7D,8D,9D,10D,13D,14D,15D,16D,17D,18D,19D,20D. The van der Waals surface area contributed by atoms with Crippen LogP contribution in [0, 0.1) is 0 Å². The third-order valence-electron chi connectivity index (χ3n) is 8.49. The van der Waals surface area contributed by atoms with Crippen molar-refractivity contribution in [3.05, 3.63) is 158 Å². The lowest BCUT2D eigenvalue weighted by atomic mass is 9.84. The fourth-order valence-corrected chi connectivity index (χ4v) is 6.49. The summed E-state index contributed by atoms with van der Waals surface area (Å²) in [5.74, 6) is 0. The molecule has 2 heterocycles. The van der Waals surface area contributed by atoms with E-state index in [0.29, 0.717) is 27.5 Å². The lowest BCUT2D eigenvalue weighted by Crippen LogP contribution is -1.91. The molecule has 2 nitrogen and oxygen atoms in total. The molecule has 0 saturated heterocycles. The normalized spacial score (nSPS) is 16.5. The maximum absolute atomic E-state index is 9.36. The van der Waals surface area contributed by atoms with Gasteiger partial charge in [-0.15, -0.1) is 0 Å². The van der Waals surface area contributed by atoms with E-state index in [0.717, 1.165) is 16.5 Å². The predicted molar refractivity (Wildman–Crippen MR) is 192 cm³/mol. The van der Waals surface area contributed by atoms with Crippen molar-refractivity contribution in [3.8, 4) is 33.4 Å². The first-order valence-electron chi connectivity index (χ1n) is 21.9. The molecule has 0 spiro atoms. The van der Waals surface area contributed by atoms with E-state index < -0.39 is 107 Å². The van der Waals surface area contributed by atoms with Gasteiger partial charge < -0.3 is 8.83 Å². The Balaban J connectivity index is 1.40. The molecule has 2 heteroatoms. The molecular weight excluding hydrogens is 560 g/mol. The molecular formula is C44H26O2. The van der Waals surface area contributed by atoms with Gasteiger partial charge in [-0.05, 0) is 84.4 Å². The molecule has 0 amide bonds. The van der Waals surface area contributed by atoms with E-state index in [1.54, 1.807) is 24.5 Å². The first kappa shape index (κ1) is 14.8. The zero-order valence-corrected chi connectivity index (χ0v) is 23.7. The number of furan rings is 2. The highest BCUT2D eigenvalue weighted by Crippen LogP contribution is 2.46. The van der Waals surface area contributed by atoms with Crippen LogP contribution in [0.4, 0.5) is 0 Å². The van der Waals surface area contributed by atoms with Crippen molar-refractivity contribution >= 4 is 65.2 Å². The molecule has 0 bridgehead atoms. The van der Waals surface area contributed by atoms with Crippen LogP contribution in [0.1, 0.15) is 20.6 Å². The molecule has 0 fully saturated rings. The maximum atomic E-state index is 9.36. The van der Waals surface area contributed by atoms with Crippen molar-refractivity contribution in [2.24, 2.45) is 0 Å². The van der Waals surface area contributed by atoms with Crippen LogP contribution in [0.3, 0.4) is 0 Å². The second-order valence-electron chi connectivity index (χ2n) is 10.9. The Kier molecular flexibility index (Phi) is 3.11. The highest BCUT2D eigenvalue weighted by molar-refractivity contribution is 6.24. The molecule has 0 unspecified atom stereocenters. The molecule has 46 heavy (non-hydrogen) atoms. The first-order chi connectivity index (χ1) is 29.1. The molecule has 2 aromatic heterocycles. The number of rotatable bonds is 3. The minimum absolute atomic E-state index is 0.0226. The van der Waals surface area contributed by atoms with Gasteiger partial charge in [0.25, 0.3) is 0 Å². The monoisotopic (exact) mass is 601 g/mol. The quantitative estimate of drug-likeness (QED) is 0.188. The SMILES string of the molecule is [2H]c1c([2H])c([2H])c2c(-c3c4c([2H])c([2H])c([2H])c([2H])c4c(-c4ccc5c(c4)oc4c5ccc5c(-c6ccccc6)coc54)c4c([2H])c([2H])c([2H])c([2H])c34)c([2H])c([2H])c([2H])c2c1[2H]. The van der Waals surface area contributed by atoms with Crippen LogP contribution in [0.2, 0.25) is 0 Å². The summed E-state index contributed by atoms with van der Waals surface area (Å²) < 4.78 is 147. The Labute approximate surface area is 285 Å². The molecule has 8 aromatic carbocycles. The molecule has 0 aliphatic carbocycles. The van der Waals surface area contributed by atoms with Crippen molar-refractivity contribution in [2.45, 2.75) is 0 Å². The van der Waals surface area contributed by atoms with E-state index in [1.807, 2.05) is 42.5 Å². The van der Waals surface area contributed by atoms with E-state index in [-0.39, 0.29) is 38.2 Å². The van der Waals surface area contributed by atoms with Gasteiger partial charge in [0, 0.05) is 21.7 Å². The molecule has 0 radical (unpaired) electrons. The van der Waals surface area contributed by atoms with Crippen molar-refractivity contribution in [1.82, 2.24) is 0 Å². The zero-order chi connectivity index (χ0) is 43.2. The van der Waals surface area contributed by atoms with Gasteiger partial charge in [-0.1, -0.05) is 127 Å². The highest BCUT2D eigenvalue weighted by atomic mass is 16.4. The molecule has 0 aliphatic rings. The fraction of sp³-hybridized carbons (Fsp3) is 0. The van der Waals surface area contributed by atoms with E-state index >= 15 is 0 Å². The van der Waals surface area contributed by atoms with E-state index in [4.69, 9.17) is 22.5 Å². The van der Waals surface area contributed by atoms with Gasteiger partial charge in [-0.3, -0.25) is 0 Å². The summed E-state index contributed by atoms with van der Waals surface area (Å²) in [4.78, 5) is 0. The van der Waals surface area contributed by atoms with Crippen LogP contribution in [-0.4, -0.2) is 0 Å². The van der Waals surface area contributed by atoms with E-state index in [2.05, 4.69) is 0 Å². The lowest BCUT2D eigenvalue weighted by Gasteiger charge is -2.18. The number of benzene rings is 8. The molecule has 0 aliphatic heterocycles. The Morgan fingerprint density at radius 2 is 1.07 bits per heavy atom. The summed E-state index contributed by atoms with van der Waals surface area (Å²) in [6, 6.07) is 8.10. The summed E-state index contributed by atoms with van der Waals surface area (Å²) >= 11 is 0. The predicted octanol–water partition coefficient (Wildman–Crippen LogP) is 12.8. The van der Waals surface area contributed by atoms with Crippen LogP contribution in [0.25, 0.3) is 98.6 Å². The highest BCUT2D eigenvalue weighted by Gasteiger charge is 2.20. The average Bonchev–Trinajstić information content (AvgIpc) is 3.87. The van der Waals surface area contributed by atoms with Gasteiger partial charge in [-0.25, -0.2) is 0 Å². The van der Waals surface area contributed by atoms with Crippen LogP contribution >= 0.6 is 0 Å². The molecule has 0 atom stereocenters. The minimum atomic E-state index is -0.767. The van der Waals surface area contributed by atoms with Gasteiger partial charge in [0.15, 0.2) is 11.2 Å². The second-order valence-corrected chi connectivity index (χ2v) is 10.9. The summed E-state index contributed by atoms with van der Waals surface area (Å²) in [6.07, 6.45) is 1.65. The minimum Gasteiger partial charge on any atom is -0.460 e. The van der Waals surface area contributed by atoms with E-state index in [1.165, 1.54) is 0 Å². The number of hydrogen-bond acceptors (Lipinski definition) is 2. The van der Waals surface area contributed by atoms with E-state index in [9.17, 15) is 6.85 Å². The Morgan fingerprint density at radius 3 is 1.83 bits per heavy atom. The molecule has 214 valence electrons. The third kappa shape index (κ3) is 3.59. The Bertz CT molecular complexity index is 3560. The van der Waals surface area contributed by atoms with Gasteiger partial charge in [-0.2, -0.15) is 0 Å². The van der Waals surface area contributed by atoms with Gasteiger partial charge >= 0.3 is 0 Å². The van der Waals surface area contributed by atoms with Crippen molar-refractivity contribution in [1.29, 1.82) is 0 Å². The third-order valence-corrected chi connectivity index (χ3v) is 8.49. The Hall–Kier alpha value is -6.12. The summed E-state index contributed by atoms with van der Waals surface area (Å²) in [7, 11) is 0. The van der Waals surface area contributed by atoms with Crippen molar-refractivity contribution < 1.29 is 29.4 Å². The lowest BCUT2D eigenvalue weighted by molar-refractivity contribution is 0.600. The van der Waals surface area contributed by atoms with Crippen LogP contribution in [0.15, 0.2) is 166 Å². The summed E-state index contributed by atoms with van der Waals surface area (Å²) in [5, 5.41) is 0.223. The summed E-state index contributed by atoms with van der Waals surface area (Å²) in [6.45, 7) is 0. The molecule has 0 saturated carbocycles. The number of fused-ring (bicyclic) bond motifs is 8. The molecule has 0 N–H and O–H groups in total. The van der Waals surface area contributed by atoms with Crippen LogP contribution in [-0.2, 0) is 0 Å². The second kappa shape index (κ2) is 9.69. The topological polar surface area (TPSA) is 26.3 Å². The van der Waals surface area contributed by atoms with Gasteiger partial charge in [0.1, 0.15) is 5.58 Å². The largest absolute Gasteiger partial charge is 0.460 e. The summed E-state index contributed by atoms with van der Waals surface area (Å²) in [5.41, 5.74) is 2.43. The van der Waals surface area contributed by atoms with Crippen molar-refractivity contribution in [2.75, 3.05) is 0 Å². The number of hydrogen-bond donors (Lipinski definition) is 0. The zero-order valence-electron chi connectivity index (χ0n) is 38.7. The smallest absolute Gasteiger partial charge is 0.178 e. The Morgan fingerprint density at radius 1 is 0.435 bits per heavy atom. The molecule has 10 aromatic rings. The van der Waals surface area contributed by atoms with Crippen LogP contribution in [0.5, 0.6) is 0 Å². The average molecular weight is 602 g/mol. The first-order valence-corrected chi connectivity index (χ1v) is 14.4. The fourth-order valence-electron chi connectivity index (χ4n) is 6.49. The van der Waals surface area contributed by atoms with Crippen molar-refractivity contribution in [3.63, 3.8) is 0 Å². The molecule has 10 rings (SSSR count). The van der Waals surface area contributed by atoms with Gasteiger partial charge in [0.05, 0.1) is 26.8 Å². The van der Waals surface area contributed by atoms with Gasteiger partial charge in [0.2, 0.25) is 0 Å².